The van der Waals surface area contributed by atoms with Crippen molar-refractivity contribution in [2.75, 3.05) is 12.3 Å². The third kappa shape index (κ3) is 4.32. The lowest BCUT2D eigenvalue weighted by molar-refractivity contribution is -0.118. The Hall–Kier alpha value is -1.82. The van der Waals surface area contributed by atoms with Gasteiger partial charge in [-0.1, -0.05) is 42.1 Å². The number of hydrogen-bond donors (Lipinski definition) is 1. The molecule has 0 radical (unpaired) electrons. The van der Waals surface area contributed by atoms with Crippen molar-refractivity contribution in [3.63, 3.8) is 0 Å². The van der Waals surface area contributed by atoms with Gasteiger partial charge in [-0.15, -0.1) is 10.2 Å². The third-order valence-electron chi connectivity index (χ3n) is 3.25. The lowest BCUT2D eigenvalue weighted by Crippen LogP contribution is -2.27. The van der Waals surface area contributed by atoms with Crippen molar-refractivity contribution in [3.8, 4) is 0 Å². The Morgan fingerprint density at radius 3 is 2.86 bits per heavy atom. The zero-order valence-corrected chi connectivity index (χ0v) is 12.4. The average Bonchev–Trinajstić information content (AvgIpc) is 3.25. The second kappa shape index (κ2) is 6.76. The molecule has 21 heavy (non-hydrogen) atoms. The molecule has 1 amide bonds. The SMILES string of the molecule is O=C(CSc1nnc(C2CC2)o1)NCCc1ccccc1. The fourth-order valence-electron chi connectivity index (χ4n) is 1.94. The number of aromatic nitrogens is 2. The van der Waals surface area contributed by atoms with Crippen LogP contribution in [0.5, 0.6) is 0 Å². The molecule has 0 spiro atoms. The fourth-order valence-corrected chi connectivity index (χ4v) is 2.54. The standard InChI is InChI=1S/C15H17N3O2S/c19-13(16-9-8-11-4-2-1-3-5-11)10-21-15-18-17-14(20-15)12-6-7-12/h1-5,12H,6-10H2,(H,16,19). The molecule has 2 aromatic rings. The number of hydrogen-bond acceptors (Lipinski definition) is 5. The number of amides is 1. The van der Waals surface area contributed by atoms with E-state index in [-0.39, 0.29) is 5.91 Å². The first-order valence-electron chi connectivity index (χ1n) is 7.08. The van der Waals surface area contributed by atoms with Crippen LogP contribution in [0.4, 0.5) is 0 Å². The molecule has 1 N–H and O–H groups in total. The summed E-state index contributed by atoms with van der Waals surface area (Å²) in [5.74, 6) is 1.46. The van der Waals surface area contributed by atoms with Crippen LogP contribution in [0.25, 0.3) is 0 Å². The second-order valence-electron chi connectivity index (χ2n) is 5.05. The van der Waals surface area contributed by atoms with Crippen LogP contribution in [0.3, 0.4) is 0 Å². The highest BCUT2D eigenvalue weighted by atomic mass is 32.2. The van der Waals surface area contributed by atoms with E-state index in [1.54, 1.807) is 0 Å². The highest BCUT2D eigenvalue weighted by molar-refractivity contribution is 7.99. The third-order valence-corrected chi connectivity index (χ3v) is 4.07. The van der Waals surface area contributed by atoms with Gasteiger partial charge in [0.05, 0.1) is 5.75 Å². The van der Waals surface area contributed by atoms with Gasteiger partial charge in [-0.2, -0.15) is 0 Å². The maximum absolute atomic E-state index is 11.7. The first-order valence-corrected chi connectivity index (χ1v) is 8.06. The summed E-state index contributed by atoms with van der Waals surface area (Å²) in [5.41, 5.74) is 1.22. The van der Waals surface area contributed by atoms with Crippen LogP contribution in [0.1, 0.15) is 30.2 Å². The monoisotopic (exact) mass is 303 g/mol. The van der Waals surface area contributed by atoms with Gasteiger partial charge in [0.15, 0.2) is 0 Å². The number of nitrogens with zero attached hydrogens (tertiary/aromatic N) is 2. The fraction of sp³-hybridized carbons (Fsp3) is 0.400. The molecule has 3 rings (SSSR count). The predicted molar refractivity (Wildman–Crippen MR) is 80.2 cm³/mol. The van der Waals surface area contributed by atoms with E-state index >= 15 is 0 Å². The number of carbonyl (C=O) groups excluding carboxylic acids is 1. The summed E-state index contributed by atoms with van der Waals surface area (Å²) in [4.78, 5) is 11.7. The quantitative estimate of drug-likeness (QED) is 0.796. The molecule has 0 aliphatic heterocycles. The molecule has 1 aliphatic carbocycles. The molecular formula is C15H17N3O2S. The Morgan fingerprint density at radius 2 is 2.10 bits per heavy atom. The summed E-state index contributed by atoms with van der Waals surface area (Å²) >= 11 is 1.29. The van der Waals surface area contributed by atoms with E-state index in [1.165, 1.54) is 17.3 Å². The smallest absolute Gasteiger partial charge is 0.277 e. The van der Waals surface area contributed by atoms with E-state index in [0.717, 1.165) is 19.3 Å². The topological polar surface area (TPSA) is 68.0 Å². The van der Waals surface area contributed by atoms with Crippen LogP contribution in [-0.4, -0.2) is 28.4 Å². The molecule has 0 unspecified atom stereocenters. The molecular weight excluding hydrogens is 286 g/mol. The normalized spacial score (nSPS) is 14.1. The van der Waals surface area contributed by atoms with Crippen molar-refractivity contribution < 1.29 is 9.21 Å². The van der Waals surface area contributed by atoms with Crippen molar-refractivity contribution >= 4 is 17.7 Å². The van der Waals surface area contributed by atoms with E-state index < -0.39 is 0 Å². The molecule has 1 aromatic carbocycles. The Kier molecular flexibility index (Phi) is 4.55. The van der Waals surface area contributed by atoms with E-state index in [2.05, 4.69) is 27.6 Å². The minimum atomic E-state index is -0.0119. The molecule has 0 atom stereocenters. The van der Waals surface area contributed by atoms with Gasteiger partial charge in [-0.25, -0.2) is 0 Å². The minimum Gasteiger partial charge on any atom is -0.416 e. The van der Waals surface area contributed by atoms with Gasteiger partial charge in [-0.3, -0.25) is 4.79 Å². The number of nitrogens with one attached hydrogen (secondary N) is 1. The highest BCUT2D eigenvalue weighted by Crippen LogP contribution is 2.39. The van der Waals surface area contributed by atoms with E-state index in [1.807, 2.05) is 18.2 Å². The largest absolute Gasteiger partial charge is 0.416 e. The van der Waals surface area contributed by atoms with Crippen molar-refractivity contribution in [3.05, 3.63) is 41.8 Å². The second-order valence-corrected chi connectivity index (χ2v) is 5.98. The maximum atomic E-state index is 11.7. The Morgan fingerprint density at radius 1 is 1.29 bits per heavy atom. The molecule has 1 aliphatic rings. The minimum absolute atomic E-state index is 0.0119. The molecule has 110 valence electrons. The van der Waals surface area contributed by atoms with Gasteiger partial charge in [0.25, 0.3) is 5.22 Å². The molecule has 1 fully saturated rings. The Labute approximate surface area is 127 Å². The van der Waals surface area contributed by atoms with Crippen LogP contribution in [0, 0.1) is 0 Å². The van der Waals surface area contributed by atoms with E-state index in [9.17, 15) is 4.79 Å². The van der Waals surface area contributed by atoms with Gasteiger partial charge in [-0.05, 0) is 24.8 Å². The van der Waals surface area contributed by atoms with E-state index in [4.69, 9.17) is 4.42 Å². The summed E-state index contributed by atoms with van der Waals surface area (Å²) in [6, 6.07) is 10.1. The zero-order chi connectivity index (χ0) is 14.5. The highest BCUT2D eigenvalue weighted by Gasteiger charge is 2.29. The molecule has 0 bridgehead atoms. The van der Waals surface area contributed by atoms with Gasteiger partial charge >= 0.3 is 0 Å². The summed E-state index contributed by atoms with van der Waals surface area (Å²) in [6.07, 6.45) is 3.10. The van der Waals surface area contributed by atoms with Crippen molar-refractivity contribution in [2.24, 2.45) is 0 Å². The Balaban J connectivity index is 1.35. The van der Waals surface area contributed by atoms with E-state index in [0.29, 0.717) is 29.3 Å². The number of rotatable bonds is 7. The molecule has 6 heteroatoms. The average molecular weight is 303 g/mol. The van der Waals surface area contributed by atoms with Crippen molar-refractivity contribution in [1.82, 2.24) is 15.5 Å². The van der Waals surface area contributed by atoms with Crippen molar-refractivity contribution in [1.29, 1.82) is 0 Å². The zero-order valence-electron chi connectivity index (χ0n) is 11.6. The van der Waals surface area contributed by atoms with Gasteiger partial charge in [0.2, 0.25) is 11.8 Å². The van der Waals surface area contributed by atoms with Crippen LogP contribution < -0.4 is 5.32 Å². The number of carbonyl (C=O) groups is 1. The number of benzene rings is 1. The van der Waals surface area contributed by atoms with Gasteiger partial charge in [0, 0.05) is 12.5 Å². The summed E-state index contributed by atoms with van der Waals surface area (Å²) in [7, 11) is 0. The van der Waals surface area contributed by atoms with Gasteiger partial charge in [0.1, 0.15) is 0 Å². The molecule has 0 saturated heterocycles. The lowest BCUT2D eigenvalue weighted by Gasteiger charge is -2.04. The molecule has 1 aromatic heterocycles. The van der Waals surface area contributed by atoms with Gasteiger partial charge < -0.3 is 9.73 Å². The van der Waals surface area contributed by atoms with Crippen LogP contribution in [-0.2, 0) is 11.2 Å². The summed E-state index contributed by atoms with van der Waals surface area (Å²) in [5, 5.41) is 11.3. The van der Waals surface area contributed by atoms with Crippen molar-refractivity contribution in [2.45, 2.75) is 30.4 Å². The first-order chi connectivity index (χ1) is 10.3. The van der Waals surface area contributed by atoms with Crippen LogP contribution in [0.2, 0.25) is 0 Å². The maximum Gasteiger partial charge on any atom is 0.277 e. The Bertz CT molecular complexity index is 596. The van der Waals surface area contributed by atoms with Crippen LogP contribution >= 0.6 is 11.8 Å². The molecule has 1 heterocycles. The lowest BCUT2D eigenvalue weighted by atomic mass is 10.1. The number of thioether (sulfide) groups is 1. The first kappa shape index (κ1) is 14.1. The summed E-state index contributed by atoms with van der Waals surface area (Å²) < 4.78 is 5.49. The predicted octanol–water partition coefficient (Wildman–Crippen LogP) is 2.40. The summed E-state index contributed by atoms with van der Waals surface area (Å²) in [6.45, 7) is 0.639. The van der Waals surface area contributed by atoms with Crippen LogP contribution in [0.15, 0.2) is 40.0 Å². The molecule has 5 nitrogen and oxygen atoms in total. The molecule has 1 saturated carbocycles.